The minimum absolute atomic E-state index is 0.230. The molecule has 2 aliphatic rings. The van der Waals surface area contributed by atoms with Crippen molar-refractivity contribution in [3.05, 3.63) is 12.2 Å². The first-order valence-corrected chi connectivity index (χ1v) is 9.04. The van der Waals surface area contributed by atoms with Crippen LogP contribution in [0, 0.1) is 5.92 Å². The maximum absolute atomic E-state index is 12.2. The normalized spacial score (nSPS) is 26.6. The Morgan fingerprint density at radius 1 is 1.27 bits per heavy atom. The van der Waals surface area contributed by atoms with E-state index in [2.05, 4.69) is 28.9 Å². The van der Waals surface area contributed by atoms with E-state index in [1.807, 2.05) is 0 Å². The van der Waals surface area contributed by atoms with Gasteiger partial charge in [0.1, 0.15) is 0 Å². The molecule has 2 heterocycles. The van der Waals surface area contributed by atoms with Crippen LogP contribution < -0.4 is 0 Å². The molecule has 2 saturated heterocycles. The van der Waals surface area contributed by atoms with E-state index in [4.69, 9.17) is 5.11 Å². The molecule has 2 fully saturated rings. The van der Waals surface area contributed by atoms with Crippen LogP contribution in [-0.4, -0.2) is 59.6 Å². The Balaban J connectivity index is 1.83. The highest BCUT2D eigenvalue weighted by Gasteiger charge is 2.38. The highest BCUT2D eigenvalue weighted by atomic mass is 16.3. The Kier molecular flexibility index (Phi) is 7.40. The van der Waals surface area contributed by atoms with Crippen LogP contribution in [-0.2, 0) is 4.79 Å². The van der Waals surface area contributed by atoms with Crippen molar-refractivity contribution in [2.75, 3.05) is 32.8 Å². The number of hydrogen-bond donors (Lipinski definition) is 1. The van der Waals surface area contributed by atoms with Crippen LogP contribution in [0.3, 0.4) is 0 Å². The van der Waals surface area contributed by atoms with E-state index in [-0.39, 0.29) is 6.61 Å². The van der Waals surface area contributed by atoms with Gasteiger partial charge in [-0.3, -0.25) is 9.69 Å². The Hall–Kier alpha value is -0.870. The Labute approximate surface area is 135 Å². The topological polar surface area (TPSA) is 43.8 Å². The maximum atomic E-state index is 12.2. The summed E-state index contributed by atoms with van der Waals surface area (Å²) >= 11 is 0. The van der Waals surface area contributed by atoms with Crippen molar-refractivity contribution in [3.8, 4) is 0 Å². The summed E-state index contributed by atoms with van der Waals surface area (Å²) in [6, 6.07) is 0.441. The van der Waals surface area contributed by atoms with Crippen molar-refractivity contribution in [1.29, 1.82) is 0 Å². The summed E-state index contributed by atoms with van der Waals surface area (Å²) in [5.41, 5.74) is 0. The maximum Gasteiger partial charge on any atom is 0.222 e. The first-order chi connectivity index (χ1) is 10.8. The molecule has 1 amide bonds. The number of nitrogens with zero attached hydrogens (tertiary/aromatic N) is 2. The van der Waals surface area contributed by atoms with E-state index in [9.17, 15) is 4.79 Å². The van der Waals surface area contributed by atoms with E-state index in [0.29, 0.717) is 24.3 Å². The van der Waals surface area contributed by atoms with Gasteiger partial charge >= 0.3 is 0 Å². The molecule has 0 unspecified atom stereocenters. The molecule has 0 saturated carbocycles. The van der Waals surface area contributed by atoms with Crippen LogP contribution in [0.25, 0.3) is 0 Å². The Morgan fingerprint density at radius 2 is 2.14 bits per heavy atom. The molecule has 4 heteroatoms. The predicted molar refractivity (Wildman–Crippen MR) is 89.6 cm³/mol. The number of piperidine rings is 2. The van der Waals surface area contributed by atoms with Crippen LogP contribution in [0.15, 0.2) is 12.2 Å². The lowest BCUT2D eigenvalue weighted by Gasteiger charge is -2.47. The SMILES string of the molecule is CCCC=CCN1CC[C@@H]2[C@@H](CCC(=O)N2CCCCO)C1. The second-order valence-electron chi connectivity index (χ2n) is 6.69. The van der Waals surface area contributed by atoms with E-state index in [0.717, 1.165) is 51.9 Å². The molecule has 0 aromatic rings. The lowest BCUT2D eigenvalue weighted by molar-refractivity contribution is -0.141. The number of carbonyl (C=O) groups excluding carboxylic acids is 1. The van der Waals surface area contributed by atoms with E-state index in [1.54, 1.807) is 0 Å². The summed E-state index contributed by atoms with van der Waals surface area (Å²) in [6.45, 7) is 6.55. The number of rotatable bonds is 8. The number of allylic oxidation sites excluding steroid dienone is 1. The number of carbonyl (C=O) groups is 1. The number of aliphatic hydroxyl groups excluding tert-OH is 1. The van der Waals surface area contributed by atoms with Crippen LogP contribution in [0.4, 0.5) is 0 Å². The van der Waals surface area contributed by atoms with Gasteiger partial charge in [-0.2, -0.15) is 0 Å². The van der Waals surface area contributed by atoms with Gasteiger partial charge in [0, 0.05) is 45.2 Å². The first kappa shape index (κ1) is 17.5. The molecule has 0 aromatic heterocycles. The molecule has 4 nitrogen and oxygen atoms in total. The molecule has 126 valence electrons. The Morgan fingerprint density at radius 3 is 2.91 bits per heavy atom. The van der Waals surface area contributed by atoms with Gasteiger partial charge in [-0.1, -0.05) is 25.5 Å². The fraction of sp³-hybridized carbons (Fsp3) is 0.833. The van der Waals surface area contributed by atoms with E-state index >= 15 is 0 Å². The fourth-order valence-corrected chi connectivity index (χ4v) is 3.78. The van der Waals surface area contributed by atoms with Crippen molar-refractivity contribution in [1.82, 2.24) is 9.80 Å². The summed E-state index contributed by atoms with van der Waals surface area (Å²) in [6.07, 6.45) is 11.6. The number of fused-ring (bicyclic) bond motifs is 1. The van der Waals surface area contributed by atoms with Crippen molar-refractivity contribution >= 4 is 5.91 Å². The van der Waals surface area contributed by atoms with Gasteiger partial charge < -0.3 is 10.0 Å². The smallest absolute Gasteiger partial charge is 0.222 e. The fourth-order valence-electron chi connectivity index (χ4n) is 3.78. The largest absolute Gasteiger partial charge is 0.396 e. The number of unbranched alkanes of at least 4 members (excludes halogenated alkanes) is 2. The second-order valence-corrected chi connectivity index (χ2v) is 6.69. The van der Waals surface area contributed by atoms with Crippen molar-refractivity contribution in [2.45, 2.75) is 57.9 Å². The van der Waals surface area contributed by atoms with Crippen molar-refractivity contribution in [3.63, 3.8) is 0 Å². The highest BCUT2D eigenvalue weighted by Crippen LogP contribution is 2.31. The second kappa shape index (κ2) is 9.31. The summed E-state index contributed by atoms with van der Waals surface area (Å²) in [5.74, 6) is 0.968. The predicted octanol–water partition coefficient (Wildman–Crippen LogP) is 2.43. The zero-order chi connectivity index (χ0) is 15.8. The van der Waals surface area contributed by atoms with Crippen LogP contribution >= 0.6 is 0 Å². The quantitative estimate of drug-likeness (QED) is 0.553. The van der Waals surface area contributed by atoms with Gasteiger partial charge in [0.2, 0.25) is 5.91 Å². The average Bonchev–Trinajstić information content (AvgIpc) is 2.54. The zero-order valence-electron chi connectivity index (χ0n) is 14.0. The van der Waals surface area contributed by atoms with Gasteiger partial charge in [0.15, 0.2) is 0 Å². The van der Waals surface area contributed by atoms with Gasteiger partial charge in [-0.05, 0) is 38.0 Å². The molecule has 22 heavy (non-hydrogen) atoms. The molecule has 0 aromatic carbocycles. The highest BCUT2D eigenvalue weighted by molar-refractivity contribution is 5.77. The summed E-state index contributed by atoms with van der Waals surface area (Å²) in [4.78, 5) is 16.9. The summed E-state index contributed by atoms with van der Waals surface area (Å²) in [7, 11) is 0. The zero-order valence-corrected chi connectivity index (χ0v) is 14.0. The summed E-state index contributed by atoms with van der Waals surface area (Å²) in [5, 5.41) is 8.93. The molecule has 0 aliphatic carbocycles. The summed E-state index contributed by atoms with van der Waals surface area (Å²) < 4.78 is 0. The minimum Gasteiger partial charge on any atom is -0.396 e. The van der Waals surface area contributed by atoms with Gasteiger partial charge in [0.25, 0.3) is 0 Å². The van der Waals surface area contributed by atoms with Crippen molar-refractivity contribution < 1.29 is 9.90 Å². The molecule has 1 N–H and O–H groups in total. The Bertz CT molecular complexity index is 370. The molecular formula is C18H32N2O2. The molecular weight excluding hydrogens is 276 g/mol. The van der Waals surface area contributed by atoms with Crippen LogP contribution in [0.2, 0.25) is 0 Å². The monoisotopic (exact) mass is 308 g/mol. The number of aliphatic hydroxyl groups is 1. The van der Waals surface area contributed by atoms with Crippen LogP contribution in [0.5, 0.6) is 0 Å². The molecule has 2 atom stereocenters. The molecule has 2 aliphatic heterocycles. The third kappa shape index (κ3) is 4.82. The van der Waals surface area contributed by atoms with Crippen LogP contribution in [0.1, 0.15) is 51.9 Å². The molecule has 0 spiro atoms. The van der Waals surface area contributed by atoms with Gasteiger partial charge in [0.05, 0.1) is 0 Å². The molecule has 0 bridgehead atoms. The number of hydrogen-bond acceptors (Lipinski definition) is 3. The molecule has 2 rings (SSSR count). The van der Waals surface area contributed by atoms with Gasteiger partial charge in [-0.15, -0.1) is 0 Å². The molecule has 0 radical (unpaired) electrons. The van der Waals surface area contributed by atoms with E-state index in [1.165, 1.54) is 12.8 Å². The van der Waals surface area contributed by atoms with Gasteiger partial charge in [-0.25, -0.2) is 0 Å². The minimum atomic E-state index is 0.230. The lowest BCUT2D eigenvalue weighted by Crippen LogP contribution is -2.56. The lowest BCUT2D eigenvalue weighted by atomic mass is 9.83. The third-order valence-electron chi connectivity index (χ3n) is 5.02. The van der Waals surface area contributed by atoms with Crippen molar-refractivity contribution in [2.24, 2.45) is 5.92 Å². The third-order valence-corrected chi connectivity index (χ3v) is 5.02. The average molecular weight is 308 g/mol. The standard InChI is InChI=1S/C18H32N2O2/c1-2-3-4-5-11-19-13-10-17-16(15-19)8-9-18(22)20(17)12-6-7-14-21/h4-5,16-17,21H,2-3,6-15H2,1H3/t16-,17+/m0/s1. The van der Waals surface area contributed by atoms with E-state index < -0.39 is 0 Å². The number of amides is 1. The first-order valence-electron chi connectivity index (χ1n) is 9.04. The number of likely N-dealkylation sites (tertiary alicyclic amines) is 2.